The molecule has 1 aromatic carbocycles. The molecule has 0 aliphatic carbocycles. The van der Waals surface area contributed by atoms with E-state index in [0.29, 0.717) is 18.7 Å². The lowest BCUT2D eigenvalue weighted by Crippen LogP contribution is -2.58. The monoisotopic (exact) mass is 600 g/mol. The number of carboxylic acid groups (broad SMARTS) is 1. The maximum Gasteiger partial charge on any atom is 0.326 e. The third-order valence-electron chi connectivity index (χ3n) is 6.45. The number of para-hydroxylation sites is 1. The van der Waals surface area contributed by atoms with Crippen molar-refractivity contribution in [3.05, 3.63) is 54.2 Å². The van der Waals surface area contributed by atoms with Crippen molar-refractivity contribution in [2.45, 2.75) is 49.9 Å². The van der Waals surface area contributed by atoms with Crippen LogP contribution in [0.4, 0.5) is 0 Å². The number of imidazole rings is 1. The molecule has 0 radical (unpaired) electrons. The van der Waals surface area contributed by atoms with Crippen LogP contribution in [-0.2, 0) is 32.0 Å². The van der Waals surface area contributed by atoms with Crippen molar-refractivity contribution < 1.29 is 24.3 Å². The van der Waals surface area contributed by atoms with Gasteiger partial charge in [-0.2, -0.15) is 12.6 Å². The van der Waals surface area contributed by atoms with E-state index in [1.165, 1.54) is 12.5 Å². The Bertz CT molecular complexity index is 1390. The SMILES string of the molecule is NC(N)=NCCCC(N)C(=O)NC(Cc1c[nH]c2ccccc12)C(=O)NC(CS)C(=O)NC(Cc1cnc[nH]1)C(=O)O. The van der Waals surface area contributed by atoms with E-state index in [0.717, 1.165) is 16.5 Å². The van der Waals surface area contributed by atoms with Gasteiger partial charge in [-0.1, -0.05) is 18.2 Å². The molecule has 2 aromatic heterocycles. The number of amides is 3. The van der Waals surface area contributed by atoms with E-state index < -0.39 is 47.9 Å². The van der Waals surface area contributed by atoms with Crippen LogP contribution in [0.5, 0.6) is 0 Å². The second kappa shape index (κ2) is 15.4. The van der Waals surface area contributed by atoms with Gasteiger partial charge in [0.2, 0.25) is 17.7 Å². The second-order valence-corrected chi connectivity index (χ2v) is 9.97. The average Bonchev–Trinajstić information content (AvgIpc) is 3.62. The number of benzene rings is 1. The Kier molecular flexibility index (Phi) is 11.7. The molecular weight excluding hydrogens is 564 g/mol. The molecule has 0 spiro atoms. The minimum absolute atomic E-state index is 0.0470. The van der Waals surface area contributed by atoms with E-state index >= 15 is 0 Å². The zero-order valence-electron chi connectivity index (χ0n) is 22.7. The molecule has 42 heavy (non-hydrogen) atoms. The van der Waals surface area contributed by atoms with Gasteiger partial charge >= 0.3 is 5.97 Å². The first kappa shape index (κ1) is 32.0. The maximum absolute atomic E-state index is 13.5. The minimum Gasteiger partial charge on any atom is -0.480 e. The third kappa shape index (κ3) is 9.24. The van der Waals surface area contributed by atoms with Crippen LogP contribution in [0.25, 0.3) is 10.9 Å². The molecule has 15 nitrogen and oxygen atoms in total. The van der Waals surface area contributed by atoms with Gasteiger partial charge in [-0.15, -0.1) is 0 Å². The molecule has 16 heteroatoms. The number of aliphatic imine (C=N–C) groups is 1. The summed E-state index contributed by atoms with van der Waals surface area (Å²) in [6.07, 6.45) is 5.32. The maximum atomic E-state index is 13.5. The van der Waals surface area contributed by atoms with Crippen molar-refractivity contribution in [3.8, 4) is 0 Å². The summed E-state index contributed by atoms with van der Waals surface area (Å²) in [4.78, 5) is 64.8. The fourth-order valence-corrected chi connectivity index (χ4v) is 4.47. The normalized spacial score (nSPS) is 13.9. The second-order valence-electron chi connectivity index (χ2n) is 9.60. The van der Waals surface area contributed by atoms with Crippen molar-refractivity contribution in [2.24, 2.45) is 22.2 Å². The summed E-state index contributed by atoms with van der Waals surface area (Å²) in [5, 5.41) is 18.2. The molecule has 0 aliphatic rings. The molecule has 0 aliphatic heterocycles. The quantitative estimate of drug-likeness (QED) is 0.0397. The van der Waals surface area contributed by atoms with Crippen molar-refractivity contribution in [1.29, 1.82) is 0 Å². The predicted molar refractivity (Wildman–Crippen MR) is 159 cm³/mol. The first-order valence-electron chi connectivity index (χ1n) is 13.2. The largest absolute Gasteiger partial charge is 0.480 e. The zero-order chi connectivity index (χ0) is 30.6. The van der Waals surface area contributed by atoms with Crippen LogP contribution in [0.15, 0.2) is 48.0 Å². The fraction of sp³-hybridized carbons (Fsp3) is 0.385. The Morgan fingerprint density at radius 3 is 2.33 bits per heavy atom. The molecule has 0 saturated heterocycles. The van der Waals surface area contributed by atoms with Crippen molar-refractivity contribution in [3.63, 3.8) is 0 Å². The molecular formula is C26H36N10O5S. The summed E-state index contributed by atoms with van der Waals surface area (Å²) in [7, 11) is 0. The van der Waals surface area contributed by atoms with E-state index in [1.54, 1.807) is 6.20 Å². The fourth-order valence-electron chi connectivity index (χ4n) is 4.21. The Morgan fingerprint density at radius 1 is 0.976 bits per heavy atom. The molecule has 2 heterocycles. The van der Waals surface area contributed by atoms with Crippen LogP contribution in [0.2, 0.25) is 0 Å². The zero-order valence-corrected chi connectivity index (χ0v) is 23.6. The molecule has 0 fully saturated rings. The summed E-state index contributed by atoms with van der Waals surface area (Å²) in [5.41, 5.74) is 18.8. The highest BCUT2D eigenvalue weighted by atomic mass is 32.1. The molecule has 3 rings (SSSR count). The summed E-state index contributed by atoms with van der Waals surface area (Å²) in [6.45, 7) is 0.291. The number of hydrogen-bond donors (Lipinski definition) is 10. The van der Waals surface area contributed by atoms with Gasteiger partial charge in [0.15, 0.2) is 5.96 Å². The van der Waals surface area contributed by atoms with E-state index in [4.69, 9.17) is 17.2 Å². The predicted octanol–water partition coefficient (Wildman–Crippen LogP) is -1.47. The number of nitrogens with one attached hydrogen (secondary N) is 5. The van der Waals surface area contributed by atoms with Gasteiger partial charge in [-0.05, 0) is 24.5 Å². The van der Waals surface area contributed by atoms with Crippen LogP contribution < -0.4 is 33.2 Å². The highest BCUT2D eigenvalue weighted by molar-refractivity contribution is 7.80. The number of carboxylic acids is 1. The van der Waals surface area contributed by atoms with Gasteiger partial charge < -0.3 is 48.2 Å². The number of rotatable bonds is 16. The number of nitrogens with zero attached hydrogens (tertiary/aromatic N) is 2. The van der Waals surface area contributed by atoms with Crippen LogP contribution in [0.3, 0.4) is 0 Å². The summed E-state index contributed by atoms with van der Waals surface area (Å²) < 4.78 is 0. The van der Waals surface area contributed by atoms with Gasteiger partial charge in [-0.25, -0.2) is 9.78 Å². The van der Waals surface area contributed by atoms with E-state index in [-0.39, 0.29) is 31.0 Å². The molecule has 4 unspecified atom stereocenters. The average molecular weight is 601 g/mol. The lowest BCUT2D eigenvalue weighted by atomic mass is 10.0. The summed E-state index contributed by atoms with van der Waals surface area (Å²) in [5.74, 6) is -3.46. The summed E-state index contributed by atoms with van der Waals surface area (Å²) >= 11 is 4.18. The molecule has 226 valence electrons. The number of aliphatic carboxylic acids is 1. The van der Waals surface area contributed by atoms with Crippen molar-refractivity contribution in [1.82, 2.24) is 30.9 Å². The van der Waals surface area contributed by atoms with Crippen LogP contribution in [0.1, 0.15) is 24.1 Å². The first-order valence-corrected chi connectivity index (χ1v) is 13.8. The highest BCUT2D eigenvalue weighted by Gasteiger charge is 2.30. The number of aromatic amines is 2. The number of nitrogens with two attached hydrogens (primary N) is 3. The van der Waals surface area contributed by atoms with Crippen LogP contribution in [-0.4, -0.2) is 86.2 Å². The summed E-state index contributed by atoms with van der Waals surface area (Å²) in [6, 6.07) is 2.93. The molecule has 0 bridgehead atoms. The number of aromatic nitrogens is 3. The van der Waals surface area contributed by atoms with E-state index in [1.807, 2.05) is 24.3 Å². The van der Waals surface area contributed by atoms with Gasteiger partial charge in [0.1, 0.15) is 18.1 Å². The van der Waals surface area contributed by atoms with Crippen LogP contribution in [0, 0.1) is 0 Å². The number of hydrogen-bond acceptors (Lipinski definition) is 8. The molecule has 3 amide bonds. The lowest BCUT2D eigenvalue weighted by molar-refractivity contribution is -0.142. The van der Waals surface area contributed by atoms with Crippen molar-refractivity contribution >= 4 is 53.2 Å². The topological polar surface area (TPSA) is 259 Å². The minimum atomic E-state index is -1.28. The highest BCUT2D eigenvalue weighted by Crippen LogP contribution is 2.19. The third-order valence-corrected chi connectivity index (χ3v) is 6.81. The van der Waals surface area contributed by atoms with Gasteiger partial charge in [0.25, 0.3) is 0 Å². The molecule has 12 N–H and O–H groups in total. The number of carbonyl (C=O) groups excluding carboxylic acids is 3. The number of H-pyrrole nitrogens is 2. The van der Waals surface area contributed by atoms with E-state index in [2.05, 4.69) is 48.5 Å². The molecule has 0 saturated carbocycles. The van der Waals surface area contributed by atoms with Gasteiger partial charge in [-0.3, -0.25) is 19.4 Å². The van der Waals surface area contributed by atoms with Gasteiger partial charge in [0.05, 0.1) is 12.4 Å². The molecule has 3 aromatic rings. The smallest absolute Gasteiger partial charge is 0.326 e. The van der Waals surface area contributed by atoms with Crippen molar-refractivity contribution in [2.75, 3.05) is 12.3 Å². The first-order chi connectivity index (χ1) is 20.1. The standard InChI is InChI=1S/C26H36N10O5S/c27-17(5-3-7-31-26(28)29)22(37)34-19(8-14-10-32-18-6-2-1-4-16(14)18)23(38)36-21(12-42)24(39)35-20(25(40)41)9-15-11-30-13-33-15/h1-2,4,6,10-11,13,17,19-21,32,42H,3,5,7-9,12,27H2,(H,30,33)(H,34,37)(H,35,39)(H,36,38)(H,40,41)(H4,28,29,31). The molecule has 4 atom stereocenters. The number of carbonyl (C=O) groups is 4. The number of fused-ring (bicyclic) bond motifs is 1. The van der Waals surface area contributed by atoms with Gasteiger partial charge in [0, 0.05) is 54.1 Å². The lowest BCUT2D eigenvalue weighted by Gasteiger charge is -2.24. The Hall–Kier alpha value is -4.57. The number of thiol groups is 1. The Labute approximate surface area is 246 Å². The van der Waals surface area contributed by atoms with Crippen LogP contribution >= 0.6 is 12.6 Å². The Morgan fingerprint density at radius 2 is 1.67 bits per heavy atom. The number of guanidine groups is 1. The Balaban J connectivity index is 1.73. The van der Waals surface area contributed by atoms with E-state index in [9.17, 15) is 24.3 Å².